The molecule has 1 aromatic rings. The summed E-state index contributed by atoms with van der Waals surface area (Å²) in [6, 6.07) is 5.20. The number of anilines is 1. The van der Waals surface area contributed by atoms with Crippen LogP contribution in [-0.2, 0) is 49.3 Å². The van der Waals surface area contributed by atoms with E-state index in [0.717, 1.165) is 29.8 Å². The molecule has 0 aliphatic heterocycles. The molecule has 36 heavy (non-hydrogen) atoms. The first-order valence-electron chi connectivity index (χ1n) is 11.4. The van der Waals surface area contributed by atoms with Crippen molar-refractivity contribution in [2.75, 3.05) is 43.7 Å². The van der Waals surface area contributed by atoms with Crippen LogP contribution in [0.5, 0.6) is 0 Å². The van der Waals surface area contributed by atoms with Crippen LogP contribution in [-0.4, -0.2) is 86.9 Å². The summed E-state index contributed by atoms with van der Waals surface area (Å²) in [6.45, 7) is 7.30. The number of nitrogens with one attached hydrogen (secondary N) is 1. The van der Waals surface area contributed by atoms with Crippen molar-refractivity contribution in [2.24, 2.45) is 0 Å². The summed E-state index contributed by atoms with van der Waals surface area (Å²) in [5.41, 5.74) is 1.89. The highest BCUT2D eigenvalue weighted by atomic mass is 32.2. The van der Waals surface area contributed by atoms with E-state index in [4.69, 9.17) is 13.1 Å². The zero-order chi connectivity index (χ0) is 27.6. The quantitative estimate of drug-likeness (QED) is 0.134. The van der Waals surface area contributed by atoms with E-state index < -0.39 is 31.8 Å². The fourth-order valence-corrected chi connectivity index (χ4v) is 4.08. The Hall–Kier alpha value is -2.00. The normalized spacial score (nSPS) is 13.2. The summed E-state index contributed by atoms with van der Waals surface area (Å²) in [4.78, 5) is 25.1. The van der Waals surface area contributed by atoms with E-state index in [9.17, 15) is 26.4 Å². The van der Waals surface area contributed by atoms with Gasteiger partial charge in [0.2, 0.25) is 0 Å². The predicted molar refractivity (Wildman–Crippen MR) is 140 cm³/mol. The van der Waals surface area contributed by atoms with Gasteiger partial charge in [0, 0.05) is 24.8 Å². The van der Waals surface area contributed by atoms with Crippen LogP contribution < -0.4 is 10.1 Å². The van der Waals surface area contributed by atoms with E-state index in [1.807, 2.05) is 25.1 Å². The van der Waals surface area contributed by atoms with E-state index >= 15 is 0 Å². The molecule has 1 atom stereocenters. The number of aryl methyl sites for hydroxylation is 1. The van der Waals surface area contributed by atoms with Gasteiger partial charge in [-0.05, 0) is 57.4 Å². The minimum atomic E-state index is -3.64. The zero-order valence-corrected chi connectivity index (χ0v) is 23.4. The summed E-state index contributed by atoms with van der Waals surface area (Å²) in [5.74, 6) is -0.391. The first kappa shape index (κ1) is 32.0. The Bertz CT molecular complexity index is 1050. The number of rotatable bonds is 16. The molecule has 0 bridgehead atoms. The standard InChI is InChI=1S/C22H37BN2O9S2/c1-17-7-8-20(25(9-11-32-35(5,28)29)10-12-33-36(6,30)31)14-18(17)13-19(24-23-16-26)15-21(27)34-22(2,3)4/h7-8,14,16,19,23-24H,9-13,15H2,1-6H3/t19-/m1/s1. The third kappa shape index (κ3) is 14.5. The molecule has 1 rings (SSSR count). The molecule has 0 spiro atoms. The van der Waals surface area contributed by atoms with Crippen molar-refractivity contribution < 1.29 is 39.5 Å². The molecule has 0 heterocycles. The highest BCUT2D eigenvalue weighted by molar-refractivity contribution is 7.86. The Balaban J connectivity index is 3.12. The maximum absolute atomic E-state index is 12.4. The third-order valence-electron chi connectivity index (χ3n) is 4.80. The number of nitrogens with zero attached hydrogens (tertiary/aromatic N) is 1. The van der Waals surface area contributed by atoms with Crippen molar-refractivity contribution in [1.82, 2.24) is 5.23 Å². The lowest BCUT2D eigenvalue weighted by Crippen LogP contribution is -2.38. The van der Waals surface area contributed by atoms with Gasteiger partial charge in [0.1, 0.15) is 5.60 Å². The molecule has 0 saturated heterocycles. The molecule has 0 saturated carbocycles. The van der Waals surface area contributed by atoms with Crippen LogP contribution in [0.3, 0.4) is 0 Å². The number of hydrogen-bond acceptors (Lipinski definition) is 11. The van der Waals surface area contributed by atoms with Crippen molar-refractivity contribution in [2.45, 2.75) is 52.2 Å². The van der Waals surface area contributed by atoms with Gasteiger partial charge in [0.25, 0.3) is 27.7 Å². The second-order valence-electron chi connectivity index (χ2n) is 9.42. The van der Waals surface area contributed by atoms with Crippen molar-refractivity contribution in [3.8, 4) is 0 Å². The minimum Gasteiger partial charge on any atom is -0.460 e. The number of benzene rings is 1. The maximum Gasteiger partial charge on any atom is 0.307 e. The first-order valence-corrected chi connectivity index (χ1v) is 15.0. The fraction of sp³-hybridized carbons (Fsp3) is 0.636. The number of carbonyl (C=O) groups excluding carboxylic acids is 2. The van der Waals surface area contributed by atoms with E-state index in [0.29, 0.717) is 12.1 Å². The maximum atomic E-state index is 12.4. The van der Waals surface area contributed by atoms with Crippen molar-refractivity contribution in [3.63, 3.8) is 0 Å². The topological polar surface area (TPSA) is 145 Å². The first-order chi connectivity index (χ1) is 16.5. The van der Waals surface area contributed by atoms with Crippen molar-refractivity contribution in [3.05, 3.63) is 29.3 Å². The Kier molecular flexibility index (Phi) is 12.5. The second-order valence-corrected chi connectivity index (χ2v) is 12.7. The molecule has 0 amide bonds. The van der Waals surface area contributed by atoms with Crippen LogP contribution in [0.15, 0.2) is 18.2 Å². The summed E-state index contributed by atoms with van der Waals surface area (Å²) in [6.07, 6.45) is 3.09. The second kappa shape index (κ2) is 14.1. The van der Waals surface area contributed by atoms with Gasteiger partial charge in [-0.25, -0.2) is 0 Å². The highest BCUT2D eigenvalue weighted by Crippen LogP contribution is 2.22. The van der Waals surface area contributed by atoms with Gasteiger partial charge in [-0.3, -0.25) is 13.2 Å². The molecule has 14 heteroatoms. The summed E-state index contributed by atoms with van der Waals surface area (Å²) in [7, 11) is -7.22. The van der Waals surface area contributed by atoms with Crippen molar-refractivity contribution >= 4 is 45.5 Å². The molecule has 1 aromatic carbocycles. The highest BCUT2D eigenvalue weighted by Gasteiger charge is 2.22. The van der Waals surface area contributed by atoms with Gasteiger partial charge in [-0.15, -0.1) is 0 Å². The molecule has 0 aromatic heterocycles. The molecular weight excluding hydrogens is 511 g/mol. The number of carbonyl (C=O) groups is 2. The number of esters is 1. The summed E-state index contributed by atoms with van der Waals surface area (Å²) >= 11 is 0. The van der Waals surface area contributed by atoms with Crippen LogP contribution in [0, 0.1) is 6.92 Å². The van der Waals surface area contributed by atoms with Gasteiger partial charge >= 0.3 is 5.97 Å². The zero-order valence-electron chi connectivity index (χ0n) is 21.8. The lowest BCUT2D eigenvalue weighted by Gasteiger charge is -2.26. The largest absolute Gasteiger partial charge is 0.460 e. The van der Waals surface area contributed by atoms with Gasteiger partial charge < -0.3 is 19.7 Å². The van der Waals surface area contributed by atoms with Crippen LogP contribution >= 0.6 is 0 Å². The van der Waals surface area contributed by atoms with E-state index in [1.165, 1.54) is 0 Å². The smallest absolute Gasteiger partial charge is 0.307 e. The van der Waals surface area contributed by atoms with Crippen molar-refractivity contribution in [1.29, 1.82) is 0 Å². The molecule has 204 valence electrons. The predicted octanol–water partition coefficient (Wildman–Crippen LogP) is 0.528. The SMILES string of the molecule is Cc1ccc(N(CCOS(C)(=O)=O)CCOS(C)(=O)=O)cc1C[C@H](CC(=O)OC(C)(C)C)NBC=O. The summed E-state index contributed by atoms with van der Waals surface area (Å²) < 4.78 is 60.6. The Labute approximate surface area is 215 Å². The molecule has 0 aliphatic rings. The van der Waals surface area contributed by atoms with Gasteiger partial charge in [0.05, 0.1) is 38.3 Å². The molecule has 0 aliphatic carbocycles. The van der Waals surface area contributed by atoms with Gasteiger partial charge in [-0.2, -0.15) is 16.8 Å². The Morgan fingerprint density at radius 2 is 1.64 bits per heavy atom. The van der Waals surface area contributed by atoms with E-state index in [-0.39, 0.29) is 46.2 Å². The Morgan fingerprint density at radius 1 is 1.08 bits per heavy atom. The molecule has 0 unspecified atom stereocenters. The molecule has 0 fully saturated rings. The van der Waals surface area contributed by atoms with Crippen LogP contribution in [0.4, 0.5) is 5.69 Å². The average Bonchev–Trinajstić information content (AvgIpc) is 2.69. The van der Waals surface area contributed by atoms with Gasteiger partial charge in [0.15, 0.2) is 0 Å². The monoisotopic (exact) mass is 548 g/mol. The molecular formula is C22H37BN2O9S2. The number of hydrogen-bond donors (Lipinski definition) is 1. The summed E-state index contributed by atoms with van der Waals surface area (Å²) in [5, 5.41) is 3.06. The third-order valence-corrected chi connectivity index (χ3v) is 5.99. The lowest BCUT2D eigenvalue weighted by atomic mass is 9.91. The van der Waals surface area contributed by atoms with Crippen LogP contribution in [0.1, 0.15) is 38.3 Å². The van der Waals surface area contributed by atoms with Crippen LogP contribution in [0.25, 0.3) is 0 Å². The Morgan fingerprint density at radius 3 is 2.11 bits per heavy atom. The lowest BCUT2D eigenvalue weighted by molar-refractivity contribution is -0.155. The van der Waals surface area contributed by atoms with Crippen LogP contribution in [0.2, 0.25) is 0 Å². The molecule has 1 N–H and O–H groups in total. The average molecular weight is 548 g/mol. The molecule has 0 radical (unpaired) electrons. The van der Waals surface area contributed by atoms with Gasteiger partial charge in [-0.1, -0.05) is 6.07 Å². The minimum absolute atomic E-state index is 0.0584. The van der Waals surface area contributed by atoms with E-state index in [1.54, 1.807) is 25.7 Å². The fourth-order valence-electron chi connectivity index (χ4n) is 3.32. The van der Waals surface area contributed by atoms with E-state index in [2.05, 4.69) is 5.23 Å². The molecule has 11 nitrogen and oxygen atoms in total. The number of ether oxygens (including phenoxy) is 1.